The van der Waals surface area contributed by atoms with E-state index in [2.05, 4.69) is 4.74 Å². The second kappa shape index (κ2) is 3.10. The van der Waals surface area contributed by atoms with Crippen molar-refractivity contribution in [3.05, 3.63) is 0 Å². The first-order valence-electron chi connectivity index (χ1n) is 4.56. The van der Waals surface area contributed by atoms with Gasteiger partial charge in [-0.05, 0) is 19.3 Å². The summed E-state index contributed by atoms with van der Waals surface area (Å²) in [6.07, 6.45) is 2.42. The molecule has 2 heterocycles. The van der Waals surface area contributed by atoms with E-state index < -0.39 is 5.41 Å². The lowest BCUT2D eigenvalue weighted by molar-refractivity contribution is -0.155. The summed E-state index contributed by atoms with van der Waals surface area (Å²) in [5.41, 5.74) is -0.548. The zero-order valence-corrected chi connectivity index (χ0v) is 7.38. The molecule has 13 heavy (non-hydrogen) atoms. The van der Waals surface area contributed by atoms with Gasteiger partial charge in [-0.3, -0.25) is 9.59 Å². The molecule has 4 nitrogen and oxygen atoms in total. The lowest BCUT2D eigenvalue weighted by atomic mass is 9.79. The largest absolute Gasteiger partial charge is 0.393 e. The van der Waals surface area contributed by atoms with Crippen molar-refractivity contribution < 1.29 is 19.1 Å². The summed E-state index contributed by atoms with van der Waals surface area (Å²) in [6, 6.07) is 0. The van der Waals surface area contributed by atoms with E-state index in [-0.39, 0.29) is 18.4 Å². The molecule has 0 aromatic rings. The number of rotatable bonds is 0. The van der Waals surface area contributed by atoms with Crippen LogP contribution in [0.25, 0.3) is 0 Å². The summed E-state index contributed by atoms with van der Waals surface area (Å²) < 4.78 is 9.82. The Balaban J connectivity index is 2.17. The van der Waals surface area contributed by atoms with Crippen LogP contribution in [0.3, 0.4) is 0 Å². The third-order valence-corrected chi connectivity index (χ3v) is 2.79. The quantitative estimate of drug-likeness (QED) is 0.409. The monoisotopic (exact) mass is 184 g/mol. The zero-order valence-electron chi connectivity index (χ0n) is 7.38. The third-order valence-electron chi connectivity index (χ3n) is 2.79. The highest BCUT2D eigenvalue weighted by molar-refractivity contribution is 5.97. The van der Waals surface area contributed by atoms with Gasteiger partial charge in [0.25, 0.3) is 0 Å². The van der Waals surface area contributed by atoms with Crippen molar-refractivity contribution in [1.82, 2.24) is 0 Å². The van der Waals surface area contributed by atoms with Gasteiger partial charge in [0.2, 0.25) is 0 Å². The predicted octanol–water partition coefficient (Wildman–Crippen LogP) is 0.647. The average Bonchev–Trinajstić information content (AvgIpc) is 2.29. The number of hydrogen-bond acceptors (Lipinski definition) is 4. The molecular weight excluding hydrogens is 172 g/mol. The van der Waals surface area contributed by atoms with E-state index >= 15 is 0 Å². The van der Waals surface area contributed by atoms with E-state index in [1.54, 1.807) is 0 Å². The molecule has 2 saturated heterocycles. The Morgan fingerprint density at radius 1 is 1.15 bits per heavy atom. The Labute approximate surface area is 76.2 Å². The smallest absolute Gasteiger partial charge is 0.320 e. The number of esters is 2. The first-order chi connectivity index (χ1) is 6.23. The summed E-state index contributed by atoms with van der Waals surface area (Å²) in [6.45, 7) is 1.24. The molecule has 4 heteroatoms. The minimum absolute atomic E-state index is 0.245. The van der Waals surface area contributed by atoms with Crippen LogP contribution in [-0.4, -0.2) is 25.2 Å². The van der Waals surface area contributed by atoms with Crippen LogP contribution in [0.1, 0.15) is 25.7 Å². The van der Waals surface area contributed by atoms with E-state index in [9.17, 15) is 9.59 Å². The molecule has 2 aliphatic heterocycles. The second-order valence-electron chi connectivity index (χ2n) is 3.68. The normalized spacial score (nSPS) is 34.8. The van der Waals surface area contributed by atoms with E-state index in [1.165, 1.54) is 0 Å². The highest BCUT2D eigenvalue weighted by Gasteiger charge is 2.48. The maximum absolute atomic E-state index is 11.4. The molecule has 1 unspecified atom stereocenters. The van der Waals surface area contributed by atoms with Gasteiger partial charge in [0, 0.05) is 13.2 Å². The lowest BCUT2D eigenvalue weighted by Crippen LogP contribution is -2.26. The van der Waals surface area contributed by atoms with Crippen LogP contribution in [0.15, 0.2) is 0 Å². The number of carbonyl (C=O) groups is 2. The van der Waals surface area contributed by atoms with Gasteiger partial charge in [-0.2, -0.15) is 0 Å². The van der Waals surface area contributed by atoms with Crippen LogP contribution in [0.5, 0.6) is 0 Å². The van der Waals surface area contributed by atoms with Gasteiger partial charge in [-0.25, -0.2) is 0 Å². The van der Waals surface area contributed by atoms with Crippen molar-refractivity contribution in [2.45, 2.75) is 25.7 Å². The molecule has 2 aliphatic rings. The molecule has 0 saturated carbocycles. The molecule has 0 radical (unpaired) electrons. The summed E-state index contributed by atoms with van der Waals surface area (Å²) in [7, 11) is 0. The minimum atomic E-state index is -0.548. The summed E-state index contributed by atoms with van der Waals surface area (Å²) >= 11 is 0. The Morgan fingerprint density at radius 3 is 2.69 bits per heavy atom. The fourth-order valence-corrected chi connectivity index (χ4v) is 1.98. The van der Waals surface area contributed by atoms with Crippen molar-refractivity contribution in [1.29, 1.82) is 0 Å². The van der Waals surface area contributed by atoms with Crippen LogP contribution in [0, 0.1) is 5.41 Å². The van der Waals surface area contributed by atoms with Crippen molar-refractivity contribution >= 4 is 11.9 Å². The number of cyclic esters (lactones) is 2. The Kier molecular flexibility index (Phi) is 2.07. The molecule has 0 bridgehead atoms. The number of carbonyl (C=O) groups excluding carboxylic acids is 2. The molecule has 0 aliphatic carbocycles. The van der Waals surface area contributed by atoms with Gasteiger partial charge in [0.05, 0.1) is 11.8 Å². The molecule has 2 fully saturated rings. The van der Waals surface area contributed by atoms with Gasteiger partial charge < -0.3 is 9.47 Å². The fraction of sp³-hybridized carbons (Fsp3) is 0.778. The summed E-state index contributed by atoms with van der Waals surface area (Å²) in [4.78, 5) is 22.4. The van der Waals surface area contributed by atoms with Gasteiger partial charge >= 0.3 is 11.9 Å². The maximum atomic E-state index is 11.4. The lowest BCUT2D eigenvalue weighted by Gasteiger charge is -2.19. The first kappa shape index (κ1) is 8.69. The van der Waals surface area contributed by atoms with E-state index in [1.807, 2.05) is 0 Å². The molecule has 1 spiro atoms. The molecule has 72 valence electrons. The van der Waals surface area contributed by atoms with Crippen LogP contribution in [0.4, 0.5) is 0 Å². The molecule has 0 N–H and O–H groups in total. The van der Waals surface area contributed by atoms with Crippen molar-refractivity contribution in [3.63, 3.8) is 0 Å². The van der Waals surface area contributed by atoms with Crippen molar-refractivity contribution in [2.24, 2.45) is 5.41 Å². The Bertz CT molecular complexity index is 238. The van der Waals surface area contributed by atoms with Gasteiger partial charge in [-0.1, -0.05) is 0 Å². The number of ether oxygens (including phenoxy) is 2. The van der Waals surface area contributed by atoms with E-state index in [0.717, 1.165) is 12.8 Å². The topological polar surface area (TPSA) is 52.6 Å². The van der Waals surface area contributed by atoms with Gasteiger partial charge in [-0.15, -0.1) is 0 Å². The SMILES string of the molecule is O=C1CC2(CCCOCC2)C(=O)O1. The summed E-state index contributed by atoms with van der Waals surface area (Å²) in [5, 5.41) is 0. The third kappa shape index (κ3) is 1.46. The molecular formula is C9H12O4. The minimum Gasteiger partial charge on any atom is -0.393 e. The van der Waals surface area contributed by atoms with E-state index in [0.29, 0.717) is 19.6 Å². The molecule has 0 aromatic carbocycles. The Morgan fingerprint density at radius 2 is 2.00 bits per heavy atom. The maximum Gasteiger partial charge on any atom is 0.320 e. The van der Waals surface area contributed by atoms with Crippen LogP contribution < -0.4 is 0 Å². The highest BCUT2D eigenvalue weighted by atomic mass is 16.6. The standard InChI is InChI=1S/C9H12O4/c10-7-6-9(8(11)13-7)2-1-4-12-5-3-9/h1-6H2. The van der Waals surface area contributed by atoms with E-state index in [4.69, 9.17) is 4.74 Å². The average molecular weight is 184 g/mol. The van der Waals surface area contributed by atoms with Crippen molar-refractivity contribution in [3.8, 4) is 0 Å². The second-order valence-corrected chi connectivity index (χ2v) is 3.68. The van der Waals surface area contributed by atoms with Crippen LogP contribution >= 0.6 is 0 Å². The fourth-order valence-electron chi connectivity index (χ4n) is 1.98. The van der Waals surface area contributed by atoms with Crippen LogP contribution in [-0.2, 0) is 19.1 Å². The summed E-state index contributed by atoms with van der Waals surface area (Å²) in [5.74, 6) is -0.727. The zero-order chi connectivity index (χ0) is 9.31. The number of hydrogen-bond donors (Lipinski definition) is 0. The molecule has 2 rings (SSSR count). The molecule has 0 amide bonds. The van der Waals surface area contributed by atoms with Gasteiger partial charge in [0.1, 0.15) is 0 Å². The van der Waals surface area contributed by atoms with Gasteiger partial charge in [0.15, 0.2) is 0 Å². The predicted molar refractivity (Wildman–Crippen MR) is 42.8 cm³/mol. The highest BCUT2D eigenvalue weighted by Crippen LogP contribution is 2.40. The molecule has 0 aromatic heterocycles. The van der Waals surface area contributed by atoms with Crippen LogP contribution in [0.2, 0.25) is 0 Å². The molecule has 1 atom stereocenters. The van der Waals surface area contributed by atoms with Crippen molar-refractivity contribution in [2.75, 3.05) is 13.2 Å². The Hall–Kier alpha value is -0.900. The first-order valence-corrected chi connectivity index (χ1v) is 4.56.